The molecule has 140 valence electrons. The summed E-state index contributed by atoms with van der Waals surface area (Å²) >= 11 is 0. The van der Waals surface area contributed by atoms with Gasteiger partial charge in [0.05, 0.1) is 19.3 Å². The Labute approximate surface area is 157 Å². The number of aromatic nitrogens is 1. The monoisotopic (exact) mass is 366 g/mol. The second-order valence-corrected chi connectivity index (χ2v) is 6.36. The number of methoxy groups -OCH3 is 1. The van der Waals surface area contributed by atoms with Crippen molar-refractivity contribution in [2.24, 2.45) is 0 Å². The van der Waals surface area contributed by atoms with Crippen LogP contribution >= 0.6 is 0 Å². The highest BCUT2D eigenvalue weighted by Gasteiger charge is 2.16. The Kier molecular flexibility index (Phi) is 5.54. The molecule has 3 aromatic rings. The summed E-state index contributed by atoms with van der Waals surface area (Å²) in [7, 11) is 1.58. The number of benzene rings is 1. The van der Waals surface area contributed by atoms with Crippen molar-refractivity contribution in [3.63, 3.8) is 0 Å². The summed E-state index contributed by atoms with van der Waals surface area (Å²) in [5, 5.41) is 3.68. The van der Waals surface area contributed by atoms with Crippen LogP contribution in [0.5, 0.6) is 5.75 Å². The fourth-order valence-corrected chi connectivity index (χ4v) is 3.10. The number of hydrogen-bond donors (Lipinski definition) is 1. The Morgan fingerprint density at radius 3 is 2.70 bits per heavy atom. The Bertz CT molecular complexity index is 1030. The van der Waals surface area contributed by atoms with Gasteiger partial charge in [-0.1, -0.05) is 6.07 Å². The van der Waals surface area contributed by atoms with Gasteiger partial charge in [-0.25, -0.2) is 4.79 Å². The van der Waals surface area contributed by atoms with Gasteiger partial charge < -0.3 is 14.5 Å². The van der Waals surface area contributed by atoms with Crippen molar-refractivity contribution in [3.8, 4) is 5.75 Å². The van der Waals surface area contributed by atoms with Gasteiger partial charge in [-0.2, -0.15) is 0 Å². The van der Waals surface area contributed by atoms with Crippen molar-refractivity contribution < 1.29 is 13.9 Å². The number of aryl methyl sites for hydroxylation is 2. The molecule has 0 aliphatic heterocycles. The molecule has 6 nitrogen and oxygen atoms in total. The first-order valence-electron chi connectivity index (χ1n) is 8.77. The first-order valence-corrected chi connectivity index (χ1v) is 8.77. The molecule has 0 aliphatic rings. The first kappa shape index (κ1) is 18.6. The molecule has 1 N–H and O–H groups in total. The van der Waals surface area contributed by atoms with Gasteiger partial charge in [0.15, 0.2) is 0 Å². The molecule has 1 aromatic carbocycles. The number of nitrogens with one attached hydrogen (secondary N) is 1. The van der Waals surface area contributed by atoms with Crippen molar-refractivity contribution in [2.75, 3.05) is 7.11 Å². The molecular weight excluding hydrogens is 344 g/mol. The van der Waals surface area contributed by atoms with Crippen LogP contribution in [-0.4, -0.2) is 18.0 Å². The molecule has 3 rings (SSSR count). The van der Waals surface area contributed by atoms with Crippen LogP contribution in [0.1, 0.15) is 28.8 Å². The van der Waals surface area contributed by atoms with E-state index in [4.69, 9.17) is 9.15 Å². The van der Waals surface area contributed by atoms with Gasteiger partial charge in [0.2, 0.25) is 5.91 Å². The van der Waals surface area contributed by atoms with E-state index in [0.29, 0.717) is 29.9 Å². The Hall–Kier alpha value is -3.15. The lowest BCUT2D eigenvalue weighted by molar-refractivity contribution is -0.121. The van der Waals surface area contributed by atoms with Crippen molar-refractivity contribution in [2.45, 2.75) is 33.2 Å². The number of amides is 1. The van der Waals surface area contributed by atoms with Crippen LogP contribution in [0.15, 0.2) is 45.7 Å². The van der Waals surface area contributed by atoms with E-state index >= 15 is 0 Å². The zero-order valence-corrected chi connectivity index (χ0v) is 15.7. The van der Waals surface area contributed by atoms with Crippen LogP contribution in [0.25, 0.3) is 11.0 Å². The first-order chi connectivity index (χ1) is 13.0. The molecule has 6 heteroatoms. The van der Waals surface area contributed by atoms with E-state index in [-0.39, 0.29) is 12.3 Å². The number of hydrogen-bond acceptors (Lipinski definition) is 5. The lowest BCUT2D eigenvalue weighted by atomic mass is 10.0. The van der Waals surface area contributed by atoms with E-state index in [1.54, 1.807) is 13.3 Å². The van der Waals surface area contributed by atoms with Crippen LogP contribution in [-0.2, 0) is 17.8 Å². The molecule has 0 spiro atoms. The number of pyridine rings is 1. The van der Waals surface area contributed by atoms with Gasteiger partial charge in [0.1, 0.15) is 11.3 Å². The molecule has 0 saturated heterocycles. The molecule has 1 amide bonds. The fourth-order valence-electron chi connectivity index (χ4n) is 3.10. The minimum atomic E-state index is -0.408. The number of nitrogens with zero attached hydrogens (tertiary/aromatic N) is 1. The van der Waals surface area contributed by atoms with Crippen molar-refractivity contribution in [3.05, 3.63) is 69.3 Å². The summed E-state index contributed by atoms with van der Waals surface area (Å²) in [5.41, 5.74) is 3.06. The summed E-state index contributed by atoms with van der Waals surface area (Å²) < 4.78 is 10.8. The SMILES string of the molecule is COc1ccc2c(C)c(CCC(=O)NCc3ccccn3)c(=O)oc2c1C. The summed E-state index contributed by atoms with van der Waals surface area (Å²) in [4.78, 5) is 28.7. The zero-order valence-electron chi connectivity index (χ0n) is 15.7. The van der Waals surface area contributed by atoms with Crippen molar-refractivity contribution in [1.29, 1.82) is 0 Å². The van der Waals surface area contributed by atoms with E-state index in [0.717, 1.165) is 22.2 Å². The number of fused-ring (bicyclic) bond motifs is 1. The predicted octanol–water partition coefficient (Wildman–Crippen LogP) is 3.06. The third-order valence-corrected chi connectivity index (χ3v) is 4.67. The van der Waals surface area contributed by atoms with Gasteiger partial charge in [-0.15, -0.1) is 0 Å². The average molecular weight is 366 g/mol. The zero-order chi connectivity index (χ0) is 19.4. The smallest absolute Gasteiger partial charge is 0.339 e. The van der Waals surface area contributed by atoms with Crippen LogP contribution in [0.3, 0.4) is 0 Å². The van der Waals surface area contributed by atoms with E-state index in [1.165, 1.54) is 0 Å². The molecule has 0 fully saturated rings. The van der Waals surface area contributed by atoms with Gasteiger partial charge >= 0.3 is 5.63 Å². The Balaban J connectivity index is 1.75. The molecule has 0 aliphatic carbocycles. The van der Waals surface area contributed by atoms with Gasteiger partial charge in [-0.05, 0) is 50.1 Å². The van der Waals surface area contributed by atoms with Gasteiger partial charge in [0, 0.05) is 29.1 Å². The highest BCUT2D eigenvalue weighted by Crippen LogP contribution is 2.29. The summed E-state index contributed by atoms with van der Waals surface area (Å²) in [6.45, 7) is 4.10. The second kappa shape index (κ2) is 8.03. The number of rotatable bonds is 6. The second-order valence-electron chi connectivity index (χ2n) is 6.36. The topological polar surface area (TPSA) is 81.4 Å². The predicted molar refractivity (Wildman–Crippen MR) is 103 cm³/mol. The number of ether oxygens (including phenoxy) is 1. The van der Waals surface area contributed by atoms with E-state index < -0.39 is 5.63 Å². The lowest BCUT2D eigenvalue weighted by Crippen LogP contribution is -2.24. The van der Waals surface area contributed by atoms with E-state index in [2.05, 4.69) is 10.3 Å². The largest absolute Gasteiger partial charge is 0.496 e. The molecule has 27 heavy (non-hydrogen) atoms. The van der Waals surface area contributed by atoms with Gasteiger partial charge in [0.25, 0.3) is 0 Å². The maximum Gasteiger partial charge on any atom is 0.339 e. The number of carbonyl (C=O) groups is 1. The van der Waals surface area contributed by atoms with E-state index in [9.17, 15) is 9.59 Å². The highest BCUT2D eigenvalue weighted by atomic mass is 16.5. The molecule has 0 saturated carbocycles. The van der Waals surface area contributed by atoms with Crippen LogP contribution < -0.4 is 15.7 Å². The van der Waals surface area contributed by atoms with Crippen molar-refractivity contribution >= 4 is 16.9 Å². The molecule has 0 atom stereocenters. The third kappa shape index (κ3) is 4.00. The summed E-state index contributed by atoms with van der Waals surface area (Å²) in [5.74, 6) is 0.539. The molecule has 0 unspecified atom stereocenters. The standard InChI is InChI=1S/C21H22N2O4/c1-13-16-7-9-18(26-3)14(2)20(16)27-21(25)17(13)8-10-19(24)23-12-15-6-4-5-11-22-15/h4-7,9,11H,8,10,12H2,1-3H3,(H,23,24). The number of carbonyl (C=O) groups excluding carboxylic acids is 1. The maximum absolute atomic E-state index is 12.4. The maximum atomic E-state index is 12.4. The average Bonchev–Trinajstić information content (AvgIpc) is 2.68. The van der Waals surface area contributed by atoms with Crippen LogP contribution in [0.2, 0.25) is 0 Å². The van der Waals surface area contributed by atoms with Gasteiger partial charge in [-0.3, -0.25) is 9.78 Å². The molecule has 0 bridgehead atoms. The third-order valence-electron chi connectivity index (χ3n) is 4.67. The fraction of sp³-hybridized carbons (Fsp3) is 0.286. The van der Waals surface area contributed by atoms with Crippen molar-refractivity contribution in [1.82, 2.24) is 10.3 Å². The lowest BCUT2D eigenvalue weighted by Gasteiger charge is -2.11. The quantitative estimate of drug-likeness (QED) is 0.678. The highest BCUT2D eigenvalue weighted by molar-refractivity contribution is 5.85. The van der Waals surface area contributed by atoms with E-state index in [1.807, 2.05) is 44.2 Å². The van der Waals surface area contributed by atoms with Crippen LogP contribution in [0, 0.1) is 13.8 Å². The molecular formula is C21H22N2O4. The Morgan fingerprint density at radius 2 is 2.00 bits per heavy atom. The minimum Gasteiger partial charge on any atom is -0.496 e. The minimum absolute atomic E-state index is 0.134. The summed E-state index contributed by atoms with van der Waals surface area (Å²) in [6.07, 6.45) is 2.21. The summed E-state index contributed by atoms with van der Waals surface area (Å²) in [6, 6.07) is 9.27. The Morgan fingerprint density at radius 1 is 1.19 bits per heavy atom. The normalized spacial score (nSPS) is 10.8. The molecule has 2 heterocycles. The molecule has 0 radical (unpaired) electrons. The molecule has 2 aromatic heterocycles. The van der Waals surface area contributed by atoms with Crippen LogP contribution in [0.4, 0.5) is 0 Å².